The Morgan fingerprint density at radius 2 is 1.88 bits per heavy atom. The van der Waals surface area contributed by atoms with Gasteiger partial charge in [-0.15, -0.1) is 0 Å². The van der Waals surface area contributed by atoms with Crippen LogP contribution >= 0.6 is 0 Å². The summed E-state index contributed by atoms with van der Waals surface area (Å²) in [6.45, 7) is 14.7. The Kier molecular flexibility index (Phi) is 8.83. The maximum atomic E-state index is 5.98. The summed E-state index contributed by atoms with van der Waals surface area (Å²) in [5.74, 6) is 1.59. The molecular formula is C19H34N4O2. The highest BCUT2D eigenvalue weighted by molar-refractivity contribution is 5.57. The number of morpholine rings is 1. The molecule has 0 atom stereocenters. The Balaban J connectivity index is 2.01. The summed E-state index contributed by atoms with van der Waals surface area (Å²) in [6, 6.07) is 4.20. The van der Waals surface area contributed by atoms with Crippen LogP contribution in [-0.4, -0.2) is 69.0 Å². The second-order valence-corrected chi connectivity index (χ2v) is 6.37. The quantitative estimate of drug-likeness (QED) is 0.662. The molecule has 0 amide bonds. The van der Waals surface area contributed by atoms with E-state index in [1.165, 1.54) is 5.69 Å². The molecule has 0 bridgehead atoms. The number of nitrogens with one attached hydrogen (secondary N) is 1. The van der Waals surface area contributed by atoms with Gasteiger partial charge < -0.3 is 19.7 Å². The topological polar surface area (TPSA) is 49.9 Å². The van der Waals surface area contributed by atoms with Gasteiger partial charge in [0.1, 0.15) is 12.4 Å². The second-order valence-electron chi connectivity index (χ2n) is 6.37. The Morgan fingerprint density at radius 1 is 1.16 bits per heavy atom. The highest BCUT2D eigenvalue weighted by atomic mass is 16.5. The predicted molar refractivity (Wildman–Crippen MR) is 104 cm³/mol. The minimum atomic E-state index is 0.656. The summed E-state index contributed by atoms with van der Waals surface area (Å²) in [5.41, 5.74) is 1.19. The van der Waals surface area contributed by atoms with Crippen molar-refractivity contribution in [1.82, 2.24) is 9.88 Å². The maximum Gasteiger partial charge on any atom is 0.217 e. The van der Waals surface area contributed by atoms with Gasteiger partial charge in [0.2, 0.25) is 5.88 Å². The zero-order valence-corrected chi connectivity index (χ0v) is 16.1. The van der Waals surface area contributed by atoms with Crippen molar-refractivity contribution in [3.8, 4) is 5.88 Å². The van der Waals surface area contributed by atoms with Crippen LogP contribution in [-0.2, 0) is 4.74 Å². The molecule has 2 heterocycles. The summed E-state index contributed by atoms with van der Waals surface area (Å²) in [4.78, 5) is 9.39. The number of anilines is 2. The molecule has 2 rings (SSSR count). The molecule has 6 nitrogen and oxygen atoms in total. The first-order valence-corrected chi connectivity index (χ1v) is 9.70. The van der Waals surface area contributed by atoms with E-state index in [-0.39, 0.29) is 0 Å². The lowest BCUT2D eigenvalue weighted by Gasteiger charge is -2.27. The van der Waals surface area contributed by atoms with Crippen LogP contribution in [0.15, 0.2) is 12.1 Å². The van der Waals surface area contributed by atoms with Crippen molar-refractivity contribution in [2.45, 2.75) is 33.6 Å². The van der Waals surface area contributed by atoms with Gasteiger partial charge in [-0.2, -0.15) is 4.98 Å². The smallest absolute Gasteiger partial charge is 0.217 e. The summed E-state index contributed by atoms with van der Waals surface area (Å²) in [7, 11) is 0. The molecule has 0 aromatic carbocycles. The van der Waals surface area contributed by atoms with E-state index in [0.717, 1.165) is 71.1 Å². The van der Waals surface area contributed by atoms with Crippen LogP contribution in [0.3, 0.4) is 0 Å². The van der Waals surface area contributed by atoms with E-state index in [1.54, 1.807) is 0 Å². The van der Waals surface area contributed by atoms with Crippen molar-refractivity contribution in [3.63, 3.8) is 0 Å². The largest absolute Gasteiger partial charge is 0.476 e. The van der Waals surface area contributed by atoms with E-state index in [4.69, 9.17) is 9.47 Å². The van der Waals surface area contributed by atoms with Crippen molar-refractivity contribution in [3.05, 3.63) is 12.1 Å². The van der Waals surface area contributed by atoms with Crippen molar-refractivity contribution < 1.29 is 9.47 Å². The molecule has 0 radical (unpaired) electrons. The molecule has 0 unspecified atom stereocenters. The van der Waals surface area contributed by atoms with Gasteiger partial charge in [-0.25, -0.2) is 0 Å². The second kappa shape index (κ2) is 11.2. The van der Waals surface area contributed by atoms with E-state index in [2.05, 4.69) is 53.0 Å². The lowest BCUT2D eigenvalue weighted by atomic mass is 10.2. The normalized spacial score (nSPS) is 15.2. The predicted octanol–water partition coefficient (Wildman–Crippen LogP) is 2.85. The summed E-state index contributed by atoms with van der Waals surface area (Å²) in [5, 5.41) is 3.32. The van der Waals surface area contributed by atoms with Gasteiger partial charge in [-0.3, -0.25) is 4.90 Å². The third-order valence-corrected chi connectivity index (χ3v) is 4.26. The number of rotatable bonds is 11. The van der Waals surface area contributed by atoms with E-state index in [1.807, 2.05) is 0 Å². The van der Waals surface area contributed by atoms with Crippen molar-refractivity contribution >= 4 is 11.5 Å². The molecule has 1 aliphatic rings. The highest BCUT2D eigenvalue weighted by Gasteiger charge is 2.12. The number of hydrogen-bond donors (Lipinski definition) is 1. The fourth-order valence-corrected chi connectivity index (χ4v) is 3.03. The summed E-state index contributed by atoms with van der Waals surface area (Å²) < 4.78 is 11.4. The van der Waals surface area contributed by atoms with E-state index in [0.29, 0.717) is 12.5 Å². The van der Waals surface area contributed by atoms with Gasteiger partial charge in [-0.1, -0.05) is 13.8 Å². The first kappa shape index (κ1) is 19.8. The lowest BCUT2D eigenvalue weighted by Crippen LogP contribution is -2.38. The van der Waals surface area contributed by atoms with Crippen molar-refractivity contribution in [2.24, 2.45) is 0 Å². The molecule has 6 heteroatoms. The third-order valence-electron chi connectivity index (χ3n) is 4.26. The SMILES string of the molecule is CCCN(CCC)c1cc(NCC)nc(OCCN2CCOCC2)c1. The molecule has 1 aliphatic heterocycles. The maximum absolute atomic E-state index is 5.98. The van der Waals surface area contributed by atoms with Crippen LogP contribution < -0.4 is 15.0 Å². The lowest BCUT2D eigenvalue weighted by molar-refractivity contribution is 0.0320. The van der Waals surface area contributed by atoms with E-state index < -0.39 is 0 Å². The molecule has 142 valence electrons. The fraction of sp³-hybridized carbons (Fsp3) is 0.737. The van der Waals surface area contributed by atoms with Crippen LogP contribution in [0.1, 0.15) is 33.6 Å². The molecule has 1 N–H and O–H groups in total. The van der Waals surface area contributed by atoms with E-state index in [9.17, 15) is 0 Å². The molecule has 1 fully saturated rings. The zero-order chi connectivity index (χ0) is 17.9. The zero-order valence-electron chi connectivity index (χ0n) is 16.1. The Bertz CT molecular complexity index is 486. The van der Waals surface area contributed by atoms with Gasteiger partial charge in [0.25, 0.3) is 0 Å². The third kappa shape index (κ3) is 6.71. The van der Waals surface area contributed by atoms with Gasteiger partial charge >= 0.3 is 0 Å². The highest BCUT2D eigenvalue weighted by Crippen LogP contribution is 2.24. The average Bonchev–Trinajstić information content (AvgIpc) is 2.62. The summed E-state index contributed by atoms with van der Waals surface area (Å²) >= 11 is 0. The number of pyridine rings is 1. The van der Waals surface area contributed by atoms with Crippen LogP contribution in [0.5, 0.6) is 5.88 Å². The molecule has 0 spiro atoms. The molecule has 1 aromatic rings. The van der Waals surface area contributed by atoms with Crippen LogP contribution in [0.2, 0.25) is 0 Å². The molecule has 0 aliphatic carbocycles. The molecule has 0 saturated carbocycles. The first-order chi connectivity index (χ1) is 12.3. The van der Waals surface area contributed by atoms with Crippen molar-refractivity contribution in [2.75, 3.05) is 69.3 Å². The summed E-state index contributed by atoms with van der Waals surface area (Å²) in [6.07, 6.45) is 2.26. The number of hydrogen-bond acceptors (Lipinski definition) is 6. The Morgan fingerprint density at radius 3 is 2.52 bits per heavy atom. The molecule has 1 aromatic heterocycles. The van der Waals surface area contributed by atoms with E-state index >= 15 is 0 Å². The van der Waals surface area contributed by atoms with Gasteiger partial charge in [0.15, 0.2) is 0 Å². The fourth-order valence-electron chi connectivity index (χ4n) is 3.03. The monoisotopic (exact) mass is 350 g/mol. The van der Waals surface area contributed by atoms with Gasteiger partial charge in [0.05, 0.1) is 13.2 Å². The molecular weight excluding hydrogens is 316 g/mol. The minimum absolute atomic E-state index is 0.656. The minimum Gasteiger partial charge on any atom is -0.476 e. The van der Waals surface area contributed by atoms with Crippen molar-refractivity contribution in [1.29, 1.82) is 0 Å². The van der Waals surface area contributed by atoms with Crippen LogP contribution in [0.4, 0.5) is 11.5 Å². The standard InChI is InChI=1S/C19H34N4O2/c1-4-7-23(8-5-2)17-15-18(20-6-3)21-19(16-17)25-14-11-22-9-12-24-13-10-22/h15-16H,4-14H2,1-3H3,(H,20,21). The Hall–Kier alpha value is -1.53. The Labute approximate surface area is 152 Å². The van der Waals surface area contributed by atoms with Crippen LogP contribution in [0.25, 0.3) is 0 Å². The number of nitrogens with zero attached hydrogens (tertiary/aromatic N) is 3. The number of aromatic nitrogens is 1. The van der Waals surface area contributed by atoms with Gasteiger partial charge in [-0.05, 0) is 19.8 Å². The first-order valence-electron chi connectivity index (χ1n) is 9.70. The van der Waals surface area contributed by atoms with Crippen LogP contribution in [0, 0.1) is 0 Å². The molecule has 1 saturated heterocycles. The average molecular weight is 351 g/mol. The number of ether oxygens (including phenoxy) is 2. The molecule has 25 heavy (non-hydrogen) atoms. The van der Waals surface area contributed by atoms with Gasteiger partial charge in [0, 0.05) is 57.1 Å².